The number of fused-ring (bicyclic) bond motifs is 1. The lowest BCUT2D eigenvalue weighted by Gasteiger charge is -2.44. The molecule has 1 aliphatic carbocycles. The van der Waals surface area contributed by atoms with Crippen molar-refractivity contribution in [3.63, 3.8) is 0 Å². The molecule has 3 unspecified atom stereocenters. The van der Waals surface area contributed by atoms with Crippen LogP contribution in [0, 0.1) is 17.2 Å². The number of halogens is 3. The van der Waals surface area contributed by atoms with Gasteiger partial charge in [0.05, 0.1) is 12.0 Å². The molecule has 0 aromatic rings. The lowest BCUT2D eigenvalue weighted by molar-refractivity contribution is -0.202. The third kappa shape index (κ3) is 4.03. The Labute approximate surface area is 157 Å². The van der Waals surface area contributed by atoms with Gasteiger partial charge in [-0.15, -0.1) is 0 Å². The van der Waals surface area contributed by atoms with Crippen LogP contribution in [0.25, 0.3) is 0 Å². The number of nitrogens with one attached hydrogen (secondary N) is 2. The van der Waals surface area contributed by atoms with E-state index in [0.717, 1.165) is 23.4 Å². The highest BCUT2D eigenvalue weighted by atomic mass is 19.4. The summed E-state index contributed by atoms with van der Waals surface area (Å²) < 4.78 is 41.1. The van der Waals surface area contributed by atoms with Gasteiger partial charge in [-0.1, -0.05) is 31.7 Å². The van der Waals surface area contributed by atoms with Crippen LogP contribution in [0.15, 0.2) is 41.2 Å². The summed E-state index contributed by atoms with van der Waals surface area (Å²) in [6, 6.07) is -0.360. The van der Waals surface area contributed by atoms with Crippen LogP contribution in [0.2, 0.25) is 0 Å². The molecule has 0 aromatic carbocycles. The number of rotatable bonds is 5. The number of hydrogen-bond acceptors (Lipinski definition) is 5. The highest BCUT2D eigenvalue weighted by Crippen LogP contribution is 2.38. The standard InChI is InChI=1S/C19H24F3N5/c1-3-14(10-23)25-12(2)15-11-24-27-17(19(20,21)22)9-16(26-18(15)27)13-7-5-4-6-8-13/h5,7-8,11,14-18,25-26H,2-4,6,9H2,1H3/t14?,15?,16-,17+,18?/m0/s1. The fourth-order valence-electron chi connectivity index (χ4n) is 3.76. The number of nitriles is 1. The van der Waals surface area contributed by atoms with Crippen LogP contribution in [0.3, 0.4) is 0 Å². The number of hydrazone groups is 1. The molecule has 1 fully saturated rings. The molecule has 2 heterocycles. The van der Waals surface area contributed by atoms with Crippen LogP contribution >= 0.6 is 0 Å². The number of allylic oxidation sites excluding steroid dienone is 2. The minimum Gasteiger partial charge on any atom is -0.373 e. The molecule has 146 valence electrons. The highest BCUT2D eigenvalue weighted by molar-refractivity contribution is 5.68. The quantitative estimate of drug-likeness (QED) is 0.770. The molecule has 0 amide bonds. The lowest BCUT2D eigenvalue weighted by Crippen LogP contribution is -2.63. The Hall–Kier alpha value is -2.27. The molecule has 5 nitrogen and oxygen atoms in total. The lowest BCUT2D eigenvalue weighted by atomic mass is 9.89. The Balaban J connectivity index is 1.83. The van der Waals surface area contributed by atoms with E-state index in [0.29, 0.717) is 12.1 Å². The van der Waals surface area contributed by atoms with Crippen LogP contribution in [0.4, 0.5) is 13.2 Å². The zero-order valence-corrected chi connectivity index (χ0v) is 15.2. The molecule has 2 aliphatic heterocycles. The van der Waals surface area contributed by atoms with E-state index in [-0.39, 0.29) is 6.42 Å². The molecule has 0 radical (unpaired) electrons. The van der Waals surface area contributed by atoms with Gasteiger partial charge in [0.2, 0.25) is 0 Å². The summed E-state index contributed by atoms with van der Waals surface area (Å²) in [7, 11) is 0. The number of alkyl halides is 3. The third-order valence-electron chi connectivity index (χ3n) is 5.27. The van der Waals surface area contributed by atoms with Gasteiger partial charge in [0, 0.05) is 18.0 Å². The van der Waals surface area contributed by atoms with E-state index in [4.69, 9.17) is 5.26 Å². The maximum atomic E-state index is 13.7. The van der Waals surface area contributed by atoms with Gasteiger partial charge < -0.3 is 5.32 Å². The SMILES string of the molecule is C=C(NC(C#N)CC)C1C=NN2C1N[C@H](C1=CCCC=C1)C[C@@H]2C(F)(F)F. The monoisotopic (exact) mass is 379 g/mol. The predicted molar refractivity (Wildman–Crippen MR) is 97.4 cm³/mol. The van der Waals surface area contributed by atoms with Crippen LogP contribution in [0.1, 0.15) is 32.6 Å². The molecule has 0 bridgehead atoms. The fourth-order valence-corrected chi connectivity index (χ4v) is 3.76. The highest BCUT2D eigenvalue weighted by Gasteiger charge is 2.53. The van der Waals surface area contributed by atoms with Crippen molar-refractivity contribution in [1.82, 2.24) is 15.6 Å². The van der Waals surface area contributed by atoms with E-state index in [1.165, 1.54) is 6.21 Å². The van der Waals surface area contributed by atoms with Gasteiger partial charge in [0.1, 0.15) is 18.2 Å². The molecular formula is C19H24F3N5. The zero-order chi connectivity index (χ0) is 19.6. The Morgan fingerprint density at radius 3 is 2.89 bits per heavy atom. The van der Waals surface area contributed by atoms with E-state index in [1.54, 1.807) is 0 Å². The first kappa shape index (κ1) is 19.5. The Morgan fingerprint density at radius 2 is 2.30 bits per heavy atom. The van der Waals surface area contributed by atoms with Crippen LogP contribution in [-0.2, 0) is 0 Å². The molecular weight excluding hydrogens is 355 g/mol. The smallest absolute Gasteiger partial charge is 0.373 e. The molecule has 0 aromatic heterocycles. The minimum atomic E-state index is -4.38. The first-order valence-electron chi connectivity index (χ1n) is 9.22. The molecule has 27 heavy (non-hydrogen) atoms. The van der Waals surface area contributed by atoms with Gasteiger partial charge in [-0.2, -0.15) is 23.5 Å². The number of hydrogen-bond donors (Lipinski definition) is 2. The summed E-state index contributed by atoms with van der Waals surface area (Å²) in [6.45, 7) is 5.82. The predicted octanol–water partition coefficient (Wildman–Crippen LogP) is 3.20. The molecule has 8 heteroatoms. The maximum absolute atomic E-state index is 13.7. The first-order chi connectivity index (χ1) is 12.8. The van der Waals surface area contributed by atoms with E-state index in [9.17, 15) is 13.2 Å². The second kappa shape index (κ2) is 7.77. The van der Waals surface area contributed by atoms with Gasteiger partial charge in [-0.05, 0) is 31.3 Å². The van der Waals surface area contributed by atoms with Crippen LogP contribution < -0.4 is 10.6 Å². The summed E-state index contributed by atoms with van der Waals surface area (Å²) in [6.07, 6.45) is 4.60. The summed E-state index contributed by atoms with van der Waals surface area (Å²) in [4.78, 5) is 0. The van der Waals surface area contributed by atoms with Gasteiger partial charge in [0.15, 0.2) is 0 Å². The van der Waals surface area contributed by atoms with Gasteiger partial charge in [-0.3, -0.25) is 10.3 Å². The number of nitrogens with zero attached hydrogens (tertiary/aromatic N) is 3. The van der Waals surface area contributed by atoms with Gasteiger partial charge >= 0.3 is 6.18 Å². The molecule has 2 N–H and O–H groups in total. The maximum Gasteiger partial charge on any atom is 0.410 e. The average Bonchev–Trinajstić information content (AvgIpc) is 3.09. The molecule has 5 atom stereocenters. The van der Waals surface area contributed by atoms with Crippen molar-refractivity contribution in [1.29, 1.82) is 5.26 Å². The van der Waals surface area contributed by atoms with Crippen molar-refractivity contribution in [2.75, 3.05) is 0 Å². The van der Waals surface area contributed by atoms with E-state index < -0.39 is 36.4 Å². The van der Waals surface area contributed by atoms with E-state index in [1.807, 2.05) is 25.2 Å². The van der Waals surface area contributed by atoms with Crippen molar-refractivity contribution in [2.45, 2.75) is 63.1 Å². The Kier molecular flexibility index (Phi) is 5.61. The van der Waals surface area contributed by atoms with E-state index in [2.05, 4.69) is 28.4 Å². The largest absolute Gasteiger partial charge is 0.410 e. The first-order valence-corrected chi connectivity index (χ1v) is 9.22. The van der Waals surface area contributed by atoms with E-state index >= 15 is 0 Å². The normalized spacial score (nSPS) is 31.1. The molecule has 0 saturated carbocycles. The summed E-state index contributed by atoms with van der Waals surface area (Å²) in [5.41, 5.74) is 1.39. The van der Waals surface area contributed by atoms with Gasteiger partial charge in [0.25, 0.3) is 0 Å². The Morgan fingerprint density at radius 1 is 1.52 bits per heavy atom. The minimum absolute atomic E-state index is 0.0874. The second-order valence-corrected chi connectivity index (χ2v) is 7.07. The fraction of sp³-hybridized carbons (Fsp3) is 0.579. The summed E-state index contributed by atoms with van der Waals surface area (Å²) in [5.74, 6) is -0.451. The van der Waals surface area contributed by atoms with Crippen LogP contribution in [0.5, 0.6) is 0 Å². The molecule has 3 rings (SSSR count). The molecule has 3 aliphatic rings. The van der Waals surface area contributed by atoms with Crippen LogP contribution in [-0.4, -0.2) is 41.7 Å². The second-order valence-electron chi connectivity index (χ2n) is 7.07. The van der Waals surface area contributed by atoms with Gasteiger partial charge in [-0.25, -0.2) is 0 Å². The van der Waals surface area contributed by atoms with Crippen molar-refractivity contribution in [3.8, 4) is 6.07 Å². The summed E-state index contributed by atoms with van der Waals surface area (Å²) in [5, 5.41) is 20.6. The topological polar surface area (TPSA) is 63.5 Å². The summed E-state index contributed by atoms with van der Waals surface area (Å²) >= 11 is 0. The molecule has 0 spiro atoms. The van der Waals surface area contributed by atoms with Crippen molar-refractivity contribution < 1.29 is 13.2 Å². The van der Waals surface area contributed by atoms with Crippen molar-refractivity contribution in [3.05, 3.63) is 36.1 Å². The van der Waals surface area contributed by atoms with Crippen molar-refractivity contribution >= 4 is 6.21 Å². The zero-order valence-electron chi connectivity index (χ0n) is 15.2. The third-order valence-corrected chi connectivity index (χ3v) is 5.27. The van der Waals surface area contributed by atoms with Crippen molar-refractivity contribution in [2.24, 2.45) is 11.0 Å². The molecule has 1 saturated heterocycles. The Bertz CT molecular complexity index is 703. The average molecular weight is 379 g/mol.